The number of carbonyl (C=O) groups excluding carboxylic acids is 2. The quantitative estimate of drug-likeness (QED) is 0.553. The van der Waals surface area contributed by atoms with E-state index in [0.717, 1.165) is 18.4 Å². The lowest BCUT2D eigenvalue weighted by Gasteiger charge is -2.28. The van der Waals surface area contributed by atoms with Gasteiger partial charge in [0.25, 0.3) is 0 Å². The normalized spacial score (nSPS) is 11.7. The molecule has 1 unspecified atom stereocenters. The van der Waals surface area contributed by atoms with E-state index >= 15 is 0 Å². The van der Waals surface area contributed by atoms with Crippen LogP contribution in [0.4, 0.5) is 4.39 Å². The Morgan fingerprint density at radius 3 is 2.48 bits per heavy atom. The highest BCUT2D eigenvalue weighted by Gasteiger charge is 2.25. The number of thioether (sulfide) groups is 1. The second-order valence-electron chi connectivity index (χ2n) is 6.91. The molecule has 156 valence electrons. The summed E-state index contributed by atoms with van der Waals surface area (Å²) in [5.41, 5.74) is 1.54. The first-order chi connectivity index (χ1) is 14.0. The monoisotopic (exact) mass is 416 g/mol. The van der Waals surface area contributed by atoms with Gasteiger partial charge in [0.1, 0.15) is 11.9 Å². The summed E-state index contributed by atoms with van der Waals surface area (Å²) < 4.78 is 13.8. The molecule has 0 saturated carbocycles. The predicted molar refractivity (Wildman–Crippen MR) is 117 cm³/mol. The smallest absolute Gasteiger partial charge is 0.242 e. The summed E-state index contributed by atoms with van der Waals surface area (Å²) in [7, 11) is 0. The zero-order chi connectivity index (χ0) is 21.1. The molecular weight excluding hydrogens is 387 g/mol. The highest BCUT2D eigenvalue weighted by atomic mass is 32.2. The third-order valence-electron chi connectivity index (χ3n) is 4.63. The van der Waals surface area contributed by atoms with Crippen molar-refractivity contribution in [1.82, 2.24) is 10.2 Å². The minimum atomic E-state index is -0.575. The SMILES string of the molecule is CCCCNC(=O)C(C)N(Cc1ccccc1)C(=O)CSCc1ccccc1F. The van der Waals surface area contributed by atoms with E-state index in [1.54, 1.807) is 30.0 Å². The van der Waals surface area contributed by atoms with Crippen LogP contribution in [0.2, 0.25) is 0 Å². The van der Waals surface area contributed by atoms with Gasteiger partial charge in [-0.3, -0.25) is 9.59 Å². The molecule has 2 aromatic carbocycles. The molecule has 0 fully saturated rings. The van der Waals surface area contributed by atoms with Gasteiger partial charge in [-0.2, -0.15) is 0 Å². The molecule has 6 heteroatoms. The molecule has 0 heterocycles. The van der Waals surface area contributed by atoms with Gasteiger partial charge in [0.2, 0.25) is 11.8 Å². The van der Waals surface area contributed by atoms with Crippen molar-refractivity contribution < 1.29 is 14.0 Å². The topological polar surface area (TPSA) is 49.4 Å². The number of benzene rings is 2. The fourth-order valence-electron chi connectivity index (χ4n) is 2.85. The molecule has 0 aliphatic rings. The van der Waals surface area contributed by atoms with E-state index in [2.05, 4.69) is 12.2 Å². The molecule has 2 amide bonds. The molecule has 29 heavy (non-hydrogen) atoms. The molecule has 0 bridgehead atoms. The van der Waals surface area contributed by atoms with E-state index in [1.165, 1.54) is 17.8 Å². The van der Waals surface area contributed by atoms with Crippen molar-refractivity contribution in [3.63, 3.8) is 0 Å². The van der Waals surface area contributed by atoms with Crippen LogP contribution in [-0.4, -0.2) is 35.1 Å². The van der Waals surface area contributed by atoms with Crippen LogP contribution < -0.4 is 5.32 Å². The van der Waals surface area contributed by atoms with Gasteiger partial charge in [-0.25, -0.2) is 4.39 Å². The zero-order valence-electron chi connectivity index (χ0n) is 17.1. The van der Waals surface area contributed by atoms with E-state index in [1.807, 2.05) is 30.3 Å². The lowest BCUT2D eigenvalue weighted by atomic mass is 10.1. The first kappa shape index (κ1) is 22.9. The van der Waals surface area contributed by atoms with E-state index in [-0.39, 0.29) is 23.4 Å². The number of amides is 2. The van der Waals surface area contributed by atoms with Gasteiger partial charge in [-0.15, -0.1) is 11.8 Å². The van der Waals surface area contributed by atoms with Crippen LogP contribution in [0.1, 0.15) is 37.8 Å². The number of unbranched alkanes of at least 4 members (excludes halogenated alkanes) is 1. The summed E-state index contributed by atoms with van der Waals surface area (Å²) in [6.45, 7) is 4.79. The van der Waals surface area contributed by atoms with Gasteiger partial charge in [0.15, 0.2) is 0 Å². The number of nitrogens with one attached hydrogen (secondary N) is 1. The largest absolute Gasteiger partial charge is 0.354 e. The average Bonchev–Trinajstić information content (AvgIpc) is 2.73. The van der Waals surface area contributed by atoms with Crippen LogP contribution >= 0.6 is 11.8 Å². The lowest BCUT2D eigenvalue weighted by Crippen LogP contribution is -2.48. The van der Waals surface area contributed by atoms with Crippen molar-refractivity contribution in [3.05, 3.63) is 71.5 Å². The minimum absolute atomic E-state index is 0.131. The predicted octanol–water partition coefficient (Wildman–Crippen LogP) is 4.39. The molecule has 0 aliphatic carbocycles. The third-order valence-corrected chi connectivity index (χ3v) is 5.60. The van der Waals surface area contributed by atoms with Crippen LogP contribution in [0.25, 0.3) is 0 Å². The van der Waals surface area contributed by atoms with Crippen molar-refractivity contribution in [2.24, 2.45) is 0 Å². The second kappa shape index (κ2) is 12.3. The lowest BCUT2D eigenvalue weighted by molar-refractivity contribution is -0.138. The Hall–Kier alpha value is -2.34. The maximum atomic E-state index is 13.8. The molecule has 4 nitrogen and oxygen atoms in total. The Kier molecular flexibility index (Phi) is 9.71. The van der Waals surface area contributed by atoms with Gasteiger partial charge in [-0.05, 0) is 30.5 Å². The van der Waals surface area contributed by atoms with E-state index in [9.17, 15) is 14.0 Å². The molecule has 0 radical (unpaired) electrons. The molecular formula is C23H29FN2O2S. The maximum Gasteiger partial charge on any atom is 0.242 e. The minimum Gasteiger partial charge on any atom is -0.354 e. The number of halogens is 1. The van der Waals surface area contributed by atoms with Gasteiger partial charge in [0.05, 0.1) is 5.75 Å². The Labute approximate surface area is 176 Å². The van der Waals surface area contributed by atoms with Crippen LogP contribution in [0.3, 0.4) is 0 Å². The van der Waals surface area contributed by atoms with Crippen molar-refractivity contribution in [1.29, 1.82) is 0 Å². The summed E-state index contributed by atoms with van der Waals surface area (Å²) in [5.74, 6) is 0.0509. The van der Waals surface area contributed by atoms with Crippen LogP contribution in [0.5, 0.6) is 0 Å². The number of hydrogen-bond acceptors (Lipinski definition) is 3. The Bertz CT molecular complexity index is 785. The Morgan fingerprint density at radius 2 is 1.79 bits per heavy atom. The highest BCUT2D eigenvalue weighted by Crippen LogP contribution is 2.17. The molecule has 0 saturated heterocycles. The summed E-state index contributed by atoms with van der Waals surface area (Å²) in [4.78, 5) is 27.1. The van der Waals surface area contributed by atoms with E-state index in [0.29, 0.717) is 24.4 Å². The number of carbonyl (C=O) groups is 2. The van der Waals surface area contributed by atoms with Gasteiger partial charge in [0, 0.05) is 18.8 Å². The van der Waals surface area contributed by atoms with E-state index < -0.39 is 6.04 Å². The molecule has 0 aromatic heterocycles. The molecule has 2 rings (SSSR count). The maximum absolute atomic E-state index is 13.8. The molecule has 2 aromatic rings. The van der Waals surface area contributed by atoms with Crippen LogP contribution in [0.15, 0.2) is 54.6 Å². The third kappa shape index (κ3) is 7.54. The van der Waals surface area contributed by atoms with Crippen molar-refractivity contribution >= 4 is 23.6 Å². The molecule has 0 spiro atoms. The zero-order valence-corrected chi connectivity index (χ0v) is 17.9. The fraction of sp³-hybridized carbons (Fsp3) is 0.391. The van der Waals surface area contributed by atoms with Gasteiger partial charge < -0.3 is 10.2 Å². The fourth-order valence-corrected chi connectivity index (χ4v) is 3.74. The van der Waals surface area contributed by atoms with Gasteiger partial charge in [-0.1, -0.05) is 61.9 Å². The Balaban J connectivity index is 2.01. The van der Waals surface area contributed by atoms with Crippen molar-refractivity contribution in [2.75, 3.05) is 12.3 Å². The molecule has 1 atom stereocenters. The summed E-state index contributed by atoms with van der Waals surface area (Å²) in [5, 5.41) is 2.90. The number of nitrogens with zero attached hydrogens (tertiary/aromatic N) is 1. The van der Waals surface area contributed by atoms with Gasteiger partial charge >= 0.3 is 0 Å². The average molecular weight is 417 g/mol. The summed E-state index contributed by atoms with van der Waals surface area (Å²) in [6.07, 6.45) is 1.90. The molecule has 1 N–H and O–H groups in total. The number of hydrogen-bond donors (Lipinski definition) is 1. The standard InChI is InChI=1S/C23H29FN2O2S/c1-3-4-14-25-23(28)18(2)26(15-19-10-6-5-7-11-19)22(27)17-29-16-20-12-8-9-13-21(20)24/h5-13,18H,3-4,14-17H2,1-2H3,(H,25,28). The first-order valence-corrected chi connectivity index (χ1v) is 11.1. The highest BCUT2D eigenvalue weighted by molar-refractivity contribution is 7.99. The summed E-state index contributed by atoms with van der Waals surface area (Å²) in [6, 6.07) is 15.6. The van der Waals surface area contributed by atoms with Crippen molar-refractivity contribution in [2.45, 2.75) is 45.0 Å². The summed E-state index contributed by atoms with van der Waals surface area (Å²) >= 11 is 1.36. The molecule has 0 aliphatic heterocycles. The second-order valence-corrected chi connectivity index (χ2v) is 7.90. The first-order valence-electron chi connectivity index (χ1n) is 9.95. The van der Waals surface area contributed by atoms with Crippen molar-refractivity contribution in [3.8, 4) is 0 Å². The van der Waals surface area contributed by atoms with Crippen LogP contribution in [-0.2, 0) is 21.9 Å². The number of rotatable bonds is 11. The Morgan fingerprint density at radius 1 is 1.10 bits per heavy atom. The van der Waals surface area contributed by atoms with Crippen LogP contribution in [0, 0.1) is 5.82 Å². The van der Waals surface area contributed by atoms with E-state index in [4.69, 9.17) is 0 Å².